The summed E-state index contributed by atoms with van der Waals surface area (Å²) in [6.07, 6.45) is 5.51. The number of anilines is 2. The minimum absolute atomic E-state index is 0.108. The first-order chi connectivity index (χ1) is 15.9. The highest BCUT2D eigenvalue weighted by Gasteiger charge is 2.15. The molecule has 0 radical (unpaired) electrons. The predicted molar refractivity (Wildman–Crippen MR) is 129 cm³/mol. The second-order valence-corrected chi connectivity index (χ2v) is 7.98. The number of nitrogens with zero attached hydrogens (tertiary/aromatic N) is 3. The number of aliphatic hydroxyl groups is 1. The van der Waals surface area contributed by atoms with Crippen molar-refractivity contribution in [2.24, 2.45) is 0 Å². The topological polar surface area (TPSA) is 75.0 Å². The van der Waals surface area contributed by atoms with Crippen LogP contribution < -0.4 is 10.6 Å². The molecule has 1 atom stereocenters. The van der Waals surface area contributed by atoms with Crippen molar-refractivity contribution in [3.63, 3.8) is 0 Å². The number of aryl methyl sites for hydroxylation is 1. The number of benzene rings is 2. The molecule has 0 saturated heterocycles. The van der Waals surface area contributed by atoms with Gasteiger partial charge in [0.15, 0.2) is 0 Å². The van der Waals surface area contributed by atoms with Gasteiger partial charge < -0.3 is 20.3 Å². The van der Waals surface area contributed by atoms with Gasteiger partial charge in [-0.2, -0.15) is 4.98 Å². The second kappa shape index (κ2) is 9.85. The summed E-state index contributed by atoms with van der Waals surface area (Å²) in [7, 11) is 0. The molecule has 6 nitrogen and oxygen atoms in total. The van der Waals surface area contributed by atoms with Crippen LogP contribution in [0.3, 0.4) is 0 Å². The zero-order chi connectivity index (χ0) is 23.4. The summed E-state index contributed by atoms with van der Waals surface area (Å²) in [5.74, 6) is 0.744. The largest absolute Gasteiger partial charge is 0.394 e. The molecule has 0 spiro atoms. The summed E-state index contributed by atoms with van der Waals surface area (Å²) in [5.41, 5.74) is 4.11. The van der Waals surface area contributed by atoms with Gasteiger partial charge in [-0.3, -0.25) is 0 Å². The first kappa shape index (κ1) is 22.5. The van der Waals surface area contributed by atoms with Crippen molar-refractivity contribution in [1.29, 1.82) is 0 Å². The summed E-state index contributed by atoms with van der Waals surface area (Å²) < 4.78 is 15.0. The normalized spacial score (nSPS) is 11.8. The zero-order valence-electron chi connectivity index (χ0n) is 18.0. The van der Waals surface area contributed by atoms with Crippen molar-refractivity contribution >= 4 is 28.9 Å². The molecule has 2 aromatic heterocycles. The molecule has 0 aliphatic rings. The lowest BCUT2D eigenvalue weighted by molar-refractivity contribution is 0.256. The van der Waals surface area contributed by atoms with Crippen LogP contribution in [-0.4, -0.2) is 26.2 Å². The van der Waals surface area contributed by atoms with Crippen LogP contribution in [0.2, 0.25) is 5.02 Å². The molecule has 1 unspecified atom stereocenters. The first-order valence-electron chi connectivity index (χ1n) is 10.3. The van der Waals surface area contributed by atoms with E-state index in [0.717, 1.165) is 16.7 Å². The number of nitrogens with one attached hydrogen (secondary N) is 2. The molecular formula is C25H23ClFN5O. The Bertz CT molecular complexity index is 1270. The van der Waals surface area contributed by atoms with E-state index in [1.54, 1.807) is 30.5 Å². The first-order valence-corrected chi connectivity index (χ1v) is 10.7. The Morgan fingerprint density at radius 3 is 2.70 bits per heavy atom. The van der Waals surface area contributed by atoms with Crippen LogP contribution in [0.5, 0.6) is 0 Å². The van der Waals surface area contributed by atoms with E-state index in [-0.39, 0.29) is 18.5 Å². The second-order valence-electron chi connectivity index (χ2n) is 7.55. The summed E-state index contributed by atoms with van der Waals surface area (Å²) >= 11 is 6.10. The summed E-state index contributed by atoms with van der Waals surface area (Å²) in [5, 5.41) is 16.9. The minimum Gasteiger partial charge on any atom is -0.394 e. The lowest BCUT2D eigenvalue weighted by atomic mass is 10.1. The predicted octanol–water partition coefficient (Wildman–Crippen LogP) is 5.41. The maximum Gasteiger partial charge on any atom is 0.229 e. The van der Waals surface area contributed by atoms with E-state index in [1.807, 2.05) is 42.1 Å². The molecule has 4 aromatic rings. The van der Waals surface area contributed by atoms with Crippen LogP contribution in [0.1, 0.15) is 22.7 Å². The highest BCUT2D eigenvalue weighted by atomic mass is 35.5. The molecule has 0 amide bonds. The highest BCUT2D eigenvalue weighted by Crippen LogP contribution is 2.24. The molecule has 3 N–H and O–H groups in total. The molecule has 8 heteroatoms. The summed E-state index contributed by atoms with van der Waals surface area (Å²) in [4.78, 5) is 8.79. The van der Waals surface area contributed by atoms with Crippen LogP contribution in [-0.2, 0) is 0 Å². The molecule has 2 heterocycles. The smallest absolute Gasteiger partial charge is 0.229 e. The number of aliphatic hydroxyl groups excluding tert-OH is 1. The van der Waals surface area contributed by atoms with E-state index in [2.05, 4.69) is 27.2 Å². The third kappa shape index (κ3) is 5.39. The van der Waals surface area contributed by atoms with Gasteiger partial charge in [0.25, 0.3) is 0 Å². The van der Waals surface area contributed by atoms with Crippen LogP contribution in [0.4, 0.5) is 16.0 Å². The highest BCUT2D eigenvalue weighted by molar-refractivity contribution is 6.30. The average Bonchev–Trinajstić information content (AvgIpc) is 3.21. The Kier molecular flexibility index (Phi) is 6.72. The van der Waals surface area contributed by atoms with Gasteiger partial charge in [-0.15, -0.1) is 0 Å². The molecule has 0 aliphatic heterocycles. The minimum atomic E-state index is -0.343. The van der Waals surface area contributed by atoms with Crippen LogP contribution in [0, 0.1) is 12.7 Å². The van der Waals surface area contributed by atoms with Crippen molar-refractivity contribution < 1.29 is 9.50 Å². The fourth-order valence-electron chi connectivity index (χ4n) is 3.47. The van der Waals surface area contributed by atoms with E-state index in [0.29, 0.717) is 28.2 Å². The number of rotatable bonds is 8. The van der Waals surface area contributed by atoms with Gasteiger partial charge in [0.1, 0.15) is 11.6 Å². The molecule has 33 heavy (non-hydrogen) atoms. The standard InChI is InChI=1S/C25H23ClFN5O/c1-16-13-32(24-10-11-28-25(31-24)30-21-8-6-20(27)7-9-21)14-22(16)17(2)29-23(15-33)18-4-3-5-19(26)12-18/h3-14,23,29,33H,2,15H2,1H3,(H,28,30,31). The fraction of sp³-hybridized carbons (Fsp3) is 0.120. The third-order valence-corrected chi connectivity index (χ3v) is 5.37. The fourth-order valence-corrected chi connectivity index (χ4v) is 3.66. The van der Waals surface area contributed by atoms with E-state index < -0.39 is 0 Å². The quantitative estimate of drug-likeness (QED) is 0.326. The Labute approximate surface area is 196 Å². The molecular weight excluding hydrogens is 441 g/mol. The molecule has 0 fully saturated rings. The van der Waals surface area contributed by atoms with Crippen molar-refractivity contribution in [2.45, 2.75) is 13.0 Å². The molecule has 0 aliphatic carbocycles. The van der Waals surface area contributed by atoms with Gasteiger partial charge >= 0.3 is 0 Å². The lowest BCUT2D eigenvalue weighted by Gasteiger charge is -2.20. The van der Waals surface area contributed by atoms with Crippen LogP contribution in [0.25, 0.3) is 11.5 Å². The van der Waals surface area contributed by atoms with Crippen molar-refractivity contribution in [1.82, 2.24) is 19.9 Å². The maximum atomic E-state index is 13.1. The van der Waals surface area contributed by atoms with E-state index in [4.69, 9.17) is 11.6 Å². The Balaban J connectivity index is 1.53. The zero-order valence-corrected chi connectivity index (χ0v) is 18.7. The number of halogens is 2. The summed E-state index contributed by atoms with van der Waals surface area (Å²) in [6.45, 7) is 6.03. The number of aromatic nitrogens is 3. The Hall–Kier alpha value is -3.68. The third-order valence-electron chi connectivity index (χ3n) is 5.14. The van der Waals surface area contributed by atoms with Crippen LogP contribution in [0.15, 0.2) is 79.8 Å². The Morgan fingerprint density at radius 2 is 1.97 bits per heavy atom. The van der Waals surface area contributed by atoms with Gasteiger partial charge in [-0.25, -0.2) is 9.37 Å². The number of hydrogen-bond acceptors (Lipinski definition) is 5. The van der Waals surface area contributed by atoms with Gasteiger partial charge in [0.05, 0.1) is 12.6 Å². The molecule has 168 valence electrons. The van der Waals surface area contributed by atoms with Crippen LogP contribution >= 0.6 is 11.6 Å². The van der Waals surface area contributed by atoms with Crippen molar-refractivity contribution in [3.05, 3.63) is 107 Å². The average molecular weight is 464 g/mol. The monoisotopic (exact) mass is 463 g/mol. The van der Waals surface area contributed by atoms with E-state index in [9.17, 15) is 9.50 Å². The SMILES string of the molecule is C=C(NC(CO)c1cccc(Cl)c1)c1cn(-c2ccnc(Nc3ccc(F)cc3)n2)cc1C. The maximum absolute atomic E-state index is 13.1. The molecule has 0 saturated carbocycles. The Morgan fingerprint density at radius 1 is 1.18 bits per heavy atom. The lowest BCUT2D eigenvalue weighted by Crippen LogP contribution is -2.22. The number of hydrogen-bond donors (Lipinski definition) is 3. The van der Waals surface area contributed by atoms with Crippen molar-refractivity contribution in [2.75, 3.05) is 11.9 Å². The van der Waals surface area contributed by atoms with Gasteiger partial charge in [-0.05, 0) is 60.5 Å². The van der Waals surface area contributed by atoms with Gasteiger partial charge in [-0.1, -0.05) is 30.3 Å². The molecule has 2 aromatic carbocycles. The van der Waals surface area contributed by atoms with Gasteiger partial charge in [0, 0.05) is 40.6 Å². The van der Waals surface area contributed by atoms with Crippen molar-refractivity contribution in [3.8, 4) is 5.82 Å². The van der Waals surface area contributed by atoms with E-state index >= 15 is 0 Å². The molecule has 0 bridgehead atoms. The molecule has 4 rings (SSSR count). The summed E-state index contributed by atoms with van der Waals surface area (Å²) in [6, 6.07) is 14.8. The van der Waals surface area contributed by atoms with Gasteiger partial charge in [0.2, 0.25) is 5.95 Å². The van der Waals surface area contributed by atoms with E-state index in [1.165, 1.54) is 12.1 Å².